The van der Waals surface area contributed by atoms with Crippen LogP contribution in [0.2, 0.25) is 0 Å². The van der Waals surface area contributed by atoms with Crippen molar-refractivity contribution >= 4 is 61.6 Å². The highest BCUT2D eigenvalue weighted by atomic mass is 28.4. The number of rotatable bonds is 0. The molecule has 8 heteroatoms. The fourth-order valence-electron chi connectivity index (χ4n) is 3.49. The standard InChI is InChI=1S/C18H16.O4Si4/c1-3-7-15-13(5-1)9-11-18-16-8-4-2-6-14(16)10-12-17(15)18;1-5-2-7-4-8-3-6-1/h1,3,5,7,9-12H,2,4,6,8H2;. The highest BCUT2D eigenvalue weighted by Gasteiger charge is 2.13. The molecule has 5 rings (SSSR count). The van der Waals surface area contributed by atoms with E-state index < -0.39 is 0 Å². The van der Waals surface area contributed by atoms with Gasteiger partial charge in [0.2, 0.25) is 0 Å². The molecule has 128 valence electrons. The second-order valence-corrected chi connectivity index (χ2v) is 9.97. The summed E-state index contributed by atoms with van der Waals surface area (Å²) in [5.41, 5.74) is 3.17. The molecule has 0 saturated carbocycles. The fraction of sp³-hybridized carbons (Fsp3) is 0.222. The lowest BCUT2D eigenvalue weighted by Crippen LogP contribution is -2.23. The van der Waals surface area contributed by atoms with E-state index in [-0.39, 0.29) is 40.0 Å². The van der Waals surface area contributed by atoms with E-state index >= 15 is 0 Å². The van der Waals surface area contributed by atoms with Gasteiger partial charge in [-0.3, -0.25) is 0 Å². The molecule has 0 aromatic heterocycles. The van der Waals surface area contributed by atoms with E-state index in [4.69, 9.17) is 16.5 Å². The van der Waals surface area contributed by atoms with Gasteiger partial charge in [0.1, 0.15) is 0 Å². The molecule has 3 aromatic carbocycles. The van der Waals surface area contributed by atoms with Gasteiger partial charge >= 0.3 is 40.0 Å². The predicted octanol–water partition coefficient (Wildman–Crippen LogP) is 3.08. The molecule has 0 unspecified atom stereocenters. The Morgan fingerprint density at radius 3 is 2.00 bits per heavy atom. The largest absolute Gasteiger partial charge is 0.412 e. The maximum atomic E-state index is 4.82. The van der Waals surface area contributed by atoms with Crippen LogP contribution in [0.5, 0.6) is 0 Å². The van der Waals surface area contributed by atoms with E-state index in [1.165, 1.54) is 47.2 Å². The maximum Gasteiger partial charge on any atom is 0.412 e. The van der Waals surface area contributed by atoms with E-state index in [0.717, 1.165) is 0 Å². The van der Waals surface area contributed by atoms with Crippen LogP contribution in [0.3, 0.4) is 0 Å². The first kappa shape index (κ1) is 18.3. The molecule has 1 aliphatic heterocycles. The Morgan fingerprint density at radius 2 is 1.23 bits per heavy atom. The average molecular weight is 409 g/mol. The average Bonchev–Trinajstić information content (AvgIpc) is 2.67. The molecule has 1 saturated heterocycles. The molecule has 1 aliphatic carbocycles. The molecule has 0 atom stereocenters. The van der Waals surface area contributed by atoms with E-state index in [2.05, 4.69) is 48.5 Å². The normalized spacial score (nSPS) is 17.7. The number of hydrogen-bond donors (Lipinski definition) is 0. The molecular weight excluding hydrogens is 393 g/mol. The smallest absolute Gasteiger partial charge is 0.412 e. The number of fused-ring (bicyclic) bond motifs is 5. The van der Waals surface area contributed by atoms with E-state index in [9.17, 15) is 0 Å². The Labute approximate surface area is 163 Å². The molecule has 3 aromatic rings. The zero-order chi connectivity index (χ0) is 17.6. The lowest BCUT2D eigenvalue weighted by Gasteiger charge is -2.18. The highest BCUT2D eigenvalue weighted by molar-refractivity contribution is 6.50. The van der Waals surface area contributed by atoms with Crippen molar-refractivity contribution in [3.05, 3.63) is 59.7 Å². The van der Waals surface area contributed by atoms with Gasteiger partial charge in [-0.25, -0.2) is 0 Å². The van der Waals surface area contributed by atoms with Gasteiger partial charge in [-0.1, -0.05) is 48.5 Å². The molecule has 0 bridgehead atoms. The second-order valence-electron chi connectivity index (χ2n) is 6.03. The van der Waals surface area contributed by atoms with E-state index in [0.29, 0.717) is 0 Å². The van der Waals surface area contributed by atoms with Crippen LogP contribution in [0.4, 0.5) is 0 Å². The Kier molecular flexibility index (Phi) is 6.46. The fourth-order valence-corrected chi connectivity index (χ4v) is 6.20. The Hall–Kier alpha value is -1.11. The summed E-state index contributed by atoms with van der Waals surface area (Å²) in [6.07, 6.45) is 5.22. The van der Waals surface area contributed by atoms with Gasteiger partial charge in [0.05, 0.1) is 0 Å². The van der Waals surface area contributed by atoms with Crippen molar-refractivity contribution in [1.82, 2.24) is 0 Å². The van der Waals surface area contributed by atoms with Crippen LogP contribution in [0.1, 0.15) is 24.0 Å². The van der Waals surface area contributed by atoms with E-state index in [1.54, 1.807) is 11.1 Å². The second kappa shape index (κ2) is 9.20. The predicted molar refractivity (Wildman–Crippen MR) is 105 cm³/mol. The minimum atomic E-state index is 0.0694. The minimum Gasteiger partial charge on any atom is -0.412 e. The zero-order valence-corrected chi connectivity index (χ0v) is 18.1. The molecule has 2 aliphatic rings. The lowest BCUT2D eigenvalue weighted by molar-refractivity contribution is 0.347. The van der Waals surface area contributed by atoms with Crippen LogP contribution in [-0.4, -0.2) is 40.0 Å². The summed E-state index contributed by atoms with van der Waals surface area (Å²) in [6.45, 7) is 0. The van der Waals surface area contributed by atoms with Crippen molar-refractivity contribution in [3.8, 4) is 0 Å². The molecule has 0 spiro atoms. The summed E-state index contributed by atoms with van der Waals surface area (Å²) in [5, 5.41) is 5.64. The summed E-state index contributed by atoms with van der Waals surface area (Å²) in [5.74, 6) is 0. The molecule has 26 heavy (non-hydrogen) atoms. The van der Waals surface area contributed by atoms with Gasteiger partial charge in [-0.2, -0.15) is 0 Å². The number of hydrogen-bond acceptors (Lipinski definition) is 4. The third kappa shape index (κ3) is 4.23. The first-order valence-corrected chi connectivity index (χ1v) is 11.8. The van der Waals surface area contributed by atoms with Crippen LogP contribution in [0.25, 0.3) is 21.5 Å². The monoisotopic (exact) mass is 408 g/mol. The van der Waals surface area contributed by atoms with Crippen LogP contribution in [0, 0.1) is 0 Å². The number of benzene rings is 3. The molecule has 0 N–H and O–H groups in total. The molecule has 4 nitrogen and oxygen atoms in total. The highest BCUT2D eigenvalue weighted by Crippen LogP contribution is 2.33. The third-order valence-corrected chi connectivity index (χ3v) is 7.26. The Morgan fingerprint density at radius 1 is 0.577 bits per heavy atom. The van der Waals surface area contributed by atoms with Gasteiger partial charge in [0.25, 0.3) is 0 Å². The van der Waals surface area contributed by atoms with Gasteiger partial charge in [0.15, 0.2) is 0 Å². The Balaban J connectivity index is 0.000000178. The van der Waals surface area contributed by atoms with Crippen molar-refractivity contribution in [2.45, 2.75) is 25.7 Å². The summed E-state index contributed by atoms with van der Waals surface area (Å²) >= 11 is 0. The third-order valence-electron chi connectivity index (χ3n) is 4.59. The summed E-state index contributed by atoms with van der Waals surface area (Å²) in [6, 6.07) is 18.0. The van der Waals surface area contributed by atoms with Gasteiger partial charge in [-0.05, 0) is 58.4 Å². The molecule has 1 heterocycles. The summed E-state index contributed by atoms with van der Waals surface area (Å²) in [4.78, 5) is 0. The maximum absolute atomic E-state index is 4.82. The van der Waals surface area contributed by atoms with Crippen molar-refractivity contribution in [2.75, 3.05) is 0 Å². The van der Waals surface area contributed by atoms with Gasteiger partial charge in [0, 0.05) is 0 Å². The van der Waals surface area contributed by atoms with Crippen LogP contribution in [0.15, 0.2) is 48.5 Å². The van der Waals surface area contributed by atoms with Gasteiger partial charge in [-0.15, -0.1) is 0 Å². The number of aryl methyl sites for hydroxylation is 2. The molecular formula is C18H16O4Si4. The molecule has 8 radical (unpaired) electrons. The van der Waals surface area contributed by atoms with Crippen LogP contribution in [-0.2, 0) is 29.3 Å². The van der Waals surface area contributed by atoms with Gasteiger partial charge < -0.3 is 16.5 Å². The SMILES string of the molecule is O1[Si]O[Si]O[Si]O[Si]1.c1ccc2c(c1)ccc1c3c(ccc12)CCCC3. The Bertz CT molecular complexity index is 866. The lowest BCUT2D eigenvalue weighted by atomic mass is 9.86. The van der Waals surface area contributed by atoms with Crippen molar-refractivity contribution in [1.29, 1.82) is 0 Å². The first-order chi connectivity index (χ1) is 12.9. The minimum absolute atomic E-state index is 0.0694. The van der Waals surface area contributed by atoms with Crippen molar-refractivity contribution in [2.24, 2.45) is 0 Å². The quantitative estimate of drug-likeness (QED) is 0.423. The summed E-state index contributed by atoms with van der Waals surface area (Å²) in [7, 11) is 0.278. The van der Waals surface area contributed by atoms with E-state index in [1.807, 2.05) is 0 Å². The topological polar surface area (TPSA) is 36.9 Å². The van der Waals surface area contributed by atoms with Crippen molar-refractivity contribution < 1.29 is 16.5 Å². The molecule has 0 amide bonds. The first-order valence-electron chi connectivity index (χ1n) is 8.49. The van der Waals surface area contributed by atoms with Crippen LogP contribution >= 0.6 is 0 Å². The molecule has 1 fully saturated rings. The van der Waals surface area contributed by atoms with Crippen molar-refractivity contribution in [3.63, 3.8) is 0 Å². The van der Waals surface area contributed by atoms with Crippen LogP contribution < -0.4 is 0 Å². The summed E-state index contributed by atoms with van der Waals surface area (Å²) < 4.78 is 19.3. The zero-order valence-electron chi connectivity index (χ0n) is 14.1.